The number of para-hydroxylation sites is 2. The maximum Gasteiger partial charge on any atom is 0.167 e. The zero-order valence-corrected chi connectivity index (χ0v) is 33.8. The highest BCUT2D eigenvalue weighted by Crippen LogP contribution is 2.44. The fraction of sp³-hybridized carbons (Fsp3) is 0.137. The Balaban J connectivity index is 1.23. The first kappa shape index (κ1) is 36.0. The van der Waals surface area contributed by atoms with E-state index >= 15 is 0 Å². The first-order valence-electron chi connectivity index (χ1n) is 20.0. The Labute approximate surface area is 344 Å². The third kappa shape index (κ3) is 6.62. The summed E-state index contributed by atoms with van der Waals surface area (Å²) in [6.45, 7) is 9.58. The number of ether oxygens (including phenoxy) is 1. The Morgan fingerprint density at radius 1 is 0.593 bits per heavy atom. The Kier molecular flexibility index (Phi) is 8.71. The van der Waals surface area contributed by atoms with Crippen molar-refractivity contribution in [3.63, 3.8) is 0 Å². The zero-order valence-electron chi connectivity index (χ0n) is 33.8. The smallest absolute Gasteiger partial charge is 0.167 e. The van der Waals surface area contributed by atoms with Crippen LogP contribution in [0.25, 0.3) is 61.8 Å². The minimum atomic E-state index is -0.0604. The quantitative estimate of drug-likeness (QED) is 0.160. The van der Waals surface area contributed by atoms with Crippen molar-refractivity contribution < 1.29 is 4.74 Å². The normalized spacial score (nSPS) is 12.7. The number of fused-ring (bicyclic) bond motifs is 4. The molecule has 10 rings (SSSR count). The molecule has 0 radical (unpaired) electrons. The van der Waals surface area contributed by atoms with Gasteiger partial charge in [0.15, 0.2) is 17.5 Å². The van der Waals surface area contributed by atoms with Crippen LogP contribution in [0.5, 0.6) is 11.5 Å². The zero-order chi connectivity index (χ0) is 40.3. The van der Waals surface area contributed by atoms with Crippen LogP contribution in [-0.2, 0) is 5.41 Å². The summed E-state index contributed by atoms with van der Waals surface area (Å²) < 4.78 is 9.33. The van der Waals surface area contributed by atoms with Gasteiger partial charge in [0.25, 0.3) is 0 Å². The molecule has 288 valence electrons. The molecule has 0 saturated carbocycles. The third-order valence-corrected chi connectivity index (χ3v) is 11.1. The summed E-state index contributed by atoms with van der Waals surface area (Å²) in [6, 6.07) is 52.2. The van der Waals surface area contributed by atoms with Gasteiger partial charge in [0.1, 0.15) is 17.3 Å². The number of rotatable bonds is 7. The first-order chi connectivity index (χ1) is 28.7. The molecule has 0 fully saturated rings. The molecule has 59 heavy (non-hydrogen) atoms. The summed E-state index contributed by atoms with van der Waals surface area (Å²) in [5.74, 6) is 3.83. The van der Waals surface area contributed by atoms with Gasteiger partial charge in [0.05, 0.1) is 34.6 Å². The molecule has 9 aromatic rings. The molecule has 0 bridgehead atoms. The molecule has 0 unspecified atom stereocenters. The van der Waals surface area contributed by atoms with Crippen LogP contribution in [0.1, 0.15) is 31.9 Å². The van der Waals surface area contributed by atoms with E-state index in [0.717, 1.165) is 67.9 Å². The number of nitrogens with zero attached hydrogens (tertiary/aromatic N) is 7. The maximum absolute atomic E-state index is 7.09. The molecule has 0 aliphatic carbocycles. The summed E-state index contributed by atoms with van der Waals surface area (Å²) >= 11 is 0. The minimum absolute atomic E-state index is 0.0604. The van der Waals surface area contributed by atoms with Crippen LogP contribution in [0, 0.1) is 6.92 Å². The van der Waals surface area contributed by atoms with E-state index in [1.54, 1.807) is 0 Å². The number of pyridine rings is 1. The van der Waals surface area contributed by atoms with Gasteiger partial charge in [0.2, 0.25) is 0 Å². The summed E-state index contributed by atoms with van der Waals surface area (Å²) in [4.78, 5) is 24.9. The number of benzene rings is 6. The molecule has 3 aromatic heterocycles. The standard InChI is InChI=1S/C51H43N7O/c1-33-25-26-52-47(27-33)58-42-24-23-36(51(2,3)4)28-39(42)40-30-41(50-54-48(34-15-8-6-9-16-34)53-49(55-50)35-17-10-7-11-18-35)46(31-45(40)58)59-38-20-14-19-37(29-38)57-32-56(5)43-21-12-13-22-44(43)57/h6-31H,32H2,1-5H3. The topological polar surface area (TPSA) is 72.2 Å². The highest BCUT2D eigenvalue weighted by Gasteiger charge is 2.26. The molecule has 1 aliphatic heterocycles. The Bertz CT molecular complexity index is 2970. The maximum atomic E-state index is 7.09. The van der Waals surface area contributed by atoms with Gasteiger partial charge in [-0.1, -0.05) is 106 Å². The van der Waals surface area contributed by atoms with E-state index in [9.17, 15) is 0 Å². The fourth-order valence-corrected chi connectivity index (χ4v) is 8.03. The molecule has 0 N–H and O–H groups in total. The van der Waals surface area contributed by atoms with Crippen molar-refractivity contribution in [2.24, 2.45) is 0 Å². The van der Waals surface area contributed by atoms with E-state index in [1.165, 1.54) is 11.3 Å². The number of anilines is 3. The second-order valence-electron chi connectivity index (χ2n) is 16.3. The van der Waals surface area contributed by atoms with Crippen LogP contribution in [0.3, 0.4) is 0 Å². The number of aromatic nitrogens is 5. The molecule has 4 heterocycles. The Hall–Kier alpha value is -7.32. The van der Waals surface area contributed by atoms with E-state index < -0.39 is 0 Å². The fourth-order valence-electron chi connectivity index (χ4n) is 8.03. The van der Waals surface area contributed by atoms with Gasteiger partial charge >= 0.3 is 0 Å². The lowest BCUT2D eigenvalue weighted by molar-refractivity contribution is 0.484. The lowest BCUT2D eigenvalue weighted by atomic mass is 9.86. The molecule has 8 heteroatoms. The molecule has 1 aliphatic rings. The van der Waals surface area contributed by atoms with Gasteiger partial charge in [-0.2, -0.15) is 0 Å². The monoisotopic (exact) mass is 769 g/mol. The van der Waals surface area contributed by atoms with Crippen LogP contribution < -0.4 is 14.5 Å². The van der Waals surface area contributed by atoms with E-state index in [1.807, 2.05) is 79.0 Å². The number of hydrogen-bond acceptors (Lipinski definition) is 7. The number of aryl methyl sites for hydroxylation is 1. The van der Waals surface area contributed by atoms with Gasteiger partial charge in [-0.3, -0.25) is 4.57 Å². The highest BCUT2D eigenvalue weighted by atomic mass is 16.5. The van der Waals surface area contributed by atoms with Crippen molar-refractivity contribution >= 4 is 38.9 Å². The van der Waals surface area contributed by atoms with Crippen LogP contribution >= 0.6 is 0 Å². The van der Waals surface area contributed by atoms with Gasteiger partial charge < -0.3 is 14.5 Å². The predicted molar refractivity (Wildman–Crippen MR) is 240 cm³/mol. The van der Waals surface area contributed by atoms with Crippen LogP contribution in [0.2, 0.25) is 0 Å². The summed E-state index contributed by atoms with van der Waals surface area (Å²) in [5, 5.41) is 2.16. The third-order valence-electron chi connectivity index (χ3n) is 11.1. The molecule has 0 saturated heterocycles. The van der Waals surface area contributed by atoms with E-state index in [0.29, 0.717) is 29.0 Å². The van der Waals surface area contributed by atoms with Crippen molar-refractivity contribution in [1.29, 1.82) is 0 Å². The Morgan fingerprint density at radius 2 is 1.25 bits per heavy atom. The van der Waals surface area contributed by atoms with Crippen molar-refractivity contribution in [1.82, 2.24) is 24.5 Å². The van der Waals surface area contributed by atoms with E-state index in [-0.39, 0.29) is 5.41 Å². The summed E-state index contributed by atoms with van der Waals surface area (Å²) in [5.41, 5.74) is 10.3. The van der Waals surface area contributed by atoms with Gasteiger partial charge in [-0.25, -0.2) is 19.9 Å². The summed E-state index contributed by atoms with van der Waals surface area (Å²) in [6.07, 6.45) is 1.87. The van der Waals surface area contributed by atoms with Crippen LogP contribution in [0.15, 0.2) is 158 Å². The molecule has 8 nitrogen and oxygen atoms in total. The van der Waals surface area contributed by atoms with Crippen molar-refractivity contribution in [3.8, 4) is 51.5 Å². The number of hydrogen-bond donors (Lipinski definition) is 0. The van der Waals surface area contributed by atoms with Crippen LogP contribution in [0.4, 0.5) is 17.1 Å². The second-order valence-corrected chi connectivity index (χ2v) is 16.3. The molecule has 0 spiro atoms. The molecular formula is C51H43N7O. The van der Waals surface area contributed by atoms with E-state index in [4.69, 9.17) is 24.7 Å². The lowest BCUT2D eigenvalue weighted by Crippen LogP contribution is -2.23. The largest absolute Gasteiger partial charge is 0.456 e. The van der Waals surface area contributed by atoms with Gasteiger partial charge in [-0.15, -0.1) is 0 Å². The lowest BCUT2D eigenvalue weighted by Gasteiger charge is -2.20. The first-order valence-corrected chi connectivity index (χ1v) is 20.0. The Morgan fingerprint density at radius 3 is 1.95 bits per heavy atom. The predicted octanol–water partition coefficient (Wildman–Crippen LogP) is 12.3. The van der Waals surface area contributed by atoms with Crippen molar-refractivity contribution in [2.45, 2.75) is 33.1 Å². The molecule has 0 amide bonds. The molecule has 6 aromatic carbocycles. The second kappa shape index (κ2) is 14.3. The van der Waals surface area contributed by atoms with Crippen LogP contribution in [-0.4, -0.2) is 38.2 Å². The minimum Gasteiger partial charge on any atom is -0.456 e. The van der Waals surface area contributed by atoms with Crippen molar-refractivity contribution in [3.05, 3.63) is 169 Å². The van der Waals surface area contributed by atoms with Gasteiger partial charge in [-0.05, 0) is 78.1 Å². The van der Waals surface area contributed by atoms with E-state index in [2.05, 4.69) is 128 Å². The molecular weight excluding hydrogens is 727 g/mol. The van der Waals surface area contributed by atoms with Gasteiger partial charge in [0, 0.05) is 53.0 Å². The summed E-state index contributed by atoms with van der Waals surface area (Å²) in [7, 11) is 2.12. The average Bonchev–Trinajstić information content (AvgIpc) is 3.77. The molecule has 0 atom stereocenters. The highest BCUT2D eigenvalue weighted by molar-refractivity contribution is 6.11. The van der Waals surface area contributed by atoms with Crippen molar-refractivity contribution in [2.75, 3.05) is 23.5 Å². The SMILES string of the molecule is Cc1ccnc(-n2c3ccc(C(C)(C)C)cc3c3cc(-c4nc(-c5ccccc5)nc(-c5ccccc5)n4)c(Oc4cccc(N5CN(C)c6ccccc65)c4)cc32)c1. The average molecular weight is 770 g/mol.